The Kier molecular flexibility index (Phi) is 6.70. The second-order valence-electron chi connectivity index (χ2n) is 8.05. The fraction of sp³-hybridized carbons (Fsp3) is 0.364. The summed E-state index contributed by atoms with van der Waals surface area (Å²) in [5.74, 6) is 1.11. The molecule has 1 fully saturated rings. The number of nitrogens with one attached hydrogen (secondary N) is 1. The normalized spacial score (nSPS) is 17.0. The van der Waals surface area contributed by atoms with Crippen LogP contribution in [0.15, 0.2) is 53.4 Å². The van der Waals surface area contributed by atoms with E-state index in [1.165, 1.54) is 21.2 Å². The molecule has 174 valence electrons. The van der Waals surface area contributed by atoms with E-state index in [2.05, 4.69) is 27.7 Å². The Morgan fingerprint density at radius 3 is 2.55 bits per heavy atom. The van der Waals surface area contributed by atoms with E-state index in [1.807, 2.05) is 0 Å². The minimum Gasteiger partial charge on any atom is -0.497 e. The van der Waals surface area contributed by atoms with Crippen LogP contribution in [0.3, 0.4) is 0 Å². The van der Waals surface area contributed by atoms with Gasteiger partial charge in [0.2, 0.25) is 21.8 Å². The first-order chi connectivity index (χ1) is 15.8. The Hall–Kier alpha value is -3.31. The summed E-state index contributed by atoms with van der Waals surface area (Å²) in [4.78, 5) is 13.8. The third-order valence-corrected chi connectivity index (χ3v) is 7.36. The quantitative estimate of drug-likeness (QED) is 0.563. The zero-order chi connectivity index (χ0) is 23.4. The van der Waals surface area contributed by atoms with Crippen LogP contribution in [-0.4, -0.2) is 59.0 Å². The Labute approximate surface area is 192 Å². The monoisotopic (exact) mass is 470 g/mol. The van der Waals surface area contributed by atoms with Crippen molar-refractivity contribution in [3.63, 3.8) is 0 Å². The van der Waals surface area contributed by atoms with Gasteiger partial charge in [0.25, 0.3) is 0 Å². The van der Waals surface area contributed by atoms with Crippen LogP contribution < -0.4 is 10.1 Å². The minimum absolute atomic E-state index is 0.130. The molecule has 2 aromatic carbocycles. The number of carbonyl (C=O) groups is 1. The highest BCUT2D eigenvalue weighted by Gasteiger charge is 2.28. The maximum absolute atomic E-state index is 12.9. The molecular formula is C22H26N6O4S. The number of piperidine rings is 1. The van der Waals surface area contributed by atoms with Gasteiger partial charge in [-0.25, -0.2) is 8.42 Å². The number of hydrogen-bond donors (Lipinski definition) is 1. The van der Waals surface area contributed by atoms with Gasteiger partial charge in [-0.3, -0.25) is 4.79 Å². The summed E-state index contributed by atoms with van der Waals surface area (Å²) in [6.07, 6.45) is 1.91. The van der Waals surface area contributed by atoms with Crippen molar-refractivity contribution in [2.24, 2.45) is 5.92 Å². The van der Waals surface area contributed by atoms with Gasteiger partial charge in [0, 0.05) is 24.3 Å². The van der Waals surface area contributed by atoms with Gasteiger partial charge >= 0.3 is 0 Å². The van der Waals surface area contributed by atoms with Crippen LogP contribution >= 0.6 is 0 Å². The summed E-state index contributed by atoms with van der Waals surface area (Å²) in [6.45, 7) is 3.00. The SMILES string of the molecule is COc1ccc(-c2nnn(CC(=O)Nc3ccc(S(=O)(=O)N4CCCC(C)C4)cc3)n2)cc1. The maximum Gasteiger partial charge on any atom is 0.248 e. The lowest BCUT2D eigenvalue weighted by Gasteiger charge is -2.30. The summed E-state index contributed by atoms with van der Waals surface area (Å²) in [5.41, 5.74) is 1.24. The van der Waals surface area contributed by atoms with Crippen LogP contribution in [0.4, 0.5) is 5.69 Å². The van der Waals surface area contributed by atoms with E-state index in [4.69, 9.17) is 4.74 Å². The number of methoxy groups -OCH3 is 1. The van der Waals surface area contributed by atoms with E-state index in [0.29, 0.717) is 30.5 Å². The standard InChI is InChI=1S/C22H26N6O4S/c1-16-4-3-13-27(14-16)33(30,31)20-11-7-18(8-12-20)23-21(29)15-28-25-22(24-26-28)17-5-9-19(32-2)10-6-17/h5-12,16H,3-4,13-15H2,1-2H3,(H,23,29). The lowest BCUT2D eigenvalue weighted by Crippen LogP contribution is -2.39. The lowest BCUT2D eigenvalue weighted by atomic mass is 10.0. The molecule has 11 heteroatoms. The molecule has 0 aliphatic carbocycles. The summed E-state index contributed by atoms with van der Waals surface area (Å²) >= 11 is 0. The molecule has 0 spiro atoms. The number of hydrogen-bond acceptors (Lipinski definition) is 7. The first kappa shape index (κ1) is 22.9. The van der Waals surface area contributed by atoms with Crippen LogP contribution in [0.2, 0.25) is 0 Å². The number of amides is 1. The molecule has 3 aromatic rings. The zero-order valence-corrected chi connectivity index (χ0v) is 19.3. The fourth-order valence-electron chi connectivity index (χ4n) is 3.72. The van der Waals surface area contributed by atoms with Gasteiger partial charge in [-0.15, -0.1) is 10.2 Å². The van der Waals surface area contributed by atoms with Gasteiger partial charge in [0.05, 0.1) is 12.0 Å². The van der Waals surface area contributed by atoms with Crippen molar-refractivity contribution >= 4 is 21.6 Å². The number of benzene rings is 2. The van der Waals surface area contributed by atoms with Gasteiger partial charge in [-0.1, -0.05) is 6.92 Å². The molecule has 4 rings (SSSR count). The highest BCUT2D eigenvalue weighted by atomic mass is 32.2. The highest BCUT2D eigenvalue weighted by molar-refractivity contribution is 7.89. The van der Waals surface area contributed by atoms with E-state index in [9.17, 15) is 13.2 Å². The van der Waals surface area contributed by atoms with Gasteiger partial charge in [-0.2, -0.15) is 9.10 Å². The molecule has 1 N–H and O–H groups in total. The molecular weight excluding hydrogens is 444 g/mol. The van der Waals surface area contributed by atoms with Gasteiger partial charge in [-0.05, 0) is 72.5 Å². The van der Waals surface area contributed by atoms with Crippen LogP contribution in [0, 0.1) is 5.92 Å². The van der Waals surface area contributed by atoms with Crippen molar-refractivity contribution in [1.82, 2.24) is 24.5 Å². The number of ether oxygens (including phenoxy) is 1. The largest absolute Gasteiger partial charge is 0.497 e. The average Bonchev–Trinajstić information content (AvgIpc) is 3.27. The average molecular weight is 471 g/mol. The van der Waals surface area contributed by atoms with E-state index in [1.54, 1.807) is 43.5 Å². The Balaban J connectivity index is 1.36. The molecule has 2 heterocycles. The first-order valence-electron chi connectivity index (χ1n) is 10.7. The molecule has 0 radical (unpaired) electrons. The van der Waals surface area contributed by atoms with E-state index < -0.39 is 10.0 Å². The molecule has 1 atom stereocenters. The van der Waals surface area contributed by atoms with E-state index in [-0.39, 0.29) is 17.3 Å². The number of rotatable bonds is 7. The lowest BCUT2D eigenvalue weighted by molar-refractivity contribution is -0.117. The van der Waals surface area contributed by atoms with Crippen molar-refractivity contribution in [3.8, 4) is 17.1 Å². The number of tetrazole rings is 1. The summed E-state index contributed by atoms with van der Waals surface area (Å²) in [7, 11) is -1.95. The van der Waals surface area contributed by atoms with E-state index in [0.717, 1.165) is 24.2 Å². The van der Waals surface area contributed by atoms with Crippen molar-refractivity contribution in [2.45, 2.75) is 31.2 Å². The van der Waals surface area contributed by atoms with Crippen LogP contribution in [0.1, 0.15) is 19.8 Å². The molecule has 0 saturated carbocycles. The second kappa shape index (κ2) is 9.67. The summed E-state index contributed by atoms with van der Waals surface area (Å²) < 4.78 is 32.4. The Morgan fingerprint density at radius 2 is 1.88 bits per heavy atom. The number of aromatic nitrogens is 4. The topological polar surface area (TPSA) is 119 Å². The highest BCUT2D eigenvalue weighted by Crippen LogP contribution is 2.24. The van der Waals surface area contributed by atoms with Crippen LogP contribution in [0.5, 0.6) is 5.75 Å². The second-order valence-corrected chi connectivity index (χ2v) is 9.99. The van der Waals surface area contributed by atoms with Crippen LogP contribution in [-0.2, 0) is 21.4 Å². The van der Waals surface area contributed by atoms with Crippen molar-refractivity contribution < 1.29 is 17.9 Å². The predicted octanol–water partition coefficient (Wildman–Crippen LogP) is 2.41. The number of anilines is 1. The molecule has 1 saturated heterocycles. The minimum atomic E-state index is -3.54. The number of nitrogens with zero attached hydrogens (tertiary/aromatic N) is 5. The molecule has 0 bridgehead atoms. The van der Waals surface area contributed by atoms with Gasteiger partial charge < -0.3 is 10.1 Å². The third-order valence-electron chi connectivity index (χ3n) is 5.48. The zero-order valence-electron chi connectivity index (χ0n) is 18.5. The maximum atomic E-state index is 12.9. The molecule has 10 nitrogen and oxygen atoms in total. The summed E-state index contributed by atoms with van der Waals surface area (Å²) in [5, 5.41) is 14.9. The molecule has 1 amide bonds. The predicted molar refractivity (Wildman–Crippen MR) is 122 cm³/mol. The molecule has 1 aliphatic rings. The first-order valence-corrected chi connectivity index (χ1v) is 12.1. The van der Waals surface area contributed by atoms with Crippen molar-refractivity contribution in [2.75, 3.05) is 25.5 Å². The smallest absolute Gasteiger partial charge is 0.248 e. The molecule has 33 heavy (non-hydrogen) atoms. The fourth-order valence-corrected chi connectivity index (χ4v) is 5.32. The van der Waals surface area contributed by atoms with Crippen LogP contribution in [0.25, 0.3) is 11.4 Å². The van der Waals surface area contributed by atoms with Crippen molar-refractivity contribution in [3.05, 3.63) is 48.5 Å². The number of sulfonamides is 1. The van der Waals surface area contributed by atoms with Gasteiger partial charge in [0.15, 0.2) is 0 Å². The van der Waals surface area contributed by atoms with Gasteiger partial charge in [0.1, 0.15) is 12.3 Å². The third kappa shape index (κ3) is 5.37. The number of carbonyl (C=O) groups excluding carboxylic acids is 1. The molecule has 1 unspecified atom stereocenters. The Morgan fingerprint density at radius 1 is 1.15 bits per heavy atom. The van der Waals surface area contributed by atoms with E-state index >= 15 is 0 Å². The summed E-state index contributed by atoms with van der Waals surface area (Å²) in [6, 6.07) is 13.4. The van der Waals surface area contributed by atoms with Crippen molar-refractivity contribution in [1.29, 1.82) is 0 Å². The molecule has 1 aliphatic heterocycles. The Bertz CT molecular complexity index is 1210. The molecule has 1 aromatic heterocycles.